The fraction of sp³-hybridized carbons (Fsp3) is 0.538. The SMILES string of the molecule is OC1(CN2CCC[C@](O)(COc3ccc(Cl)c(Cl)c3)CC2)CCC(c2ccccc2)CC1. The zero-order valence-corrected chi connectivity index (χ0v) is 20.0. The average molecular weight is 478 g/mol. The Kier molecular flexibility index (Phi) is 7.69. The molecule has 0 unspecified atom stereocenters. The Balaban J connectivity index is 1.27. The van der Waals surface area contributed by atoms with Crippen molar-refractivity contribution in [2.75, 3.05) is 26.2 Å². The number of hydrogen-bond acceptors (Lipinski definition) is 4. The summed E-state index contributed by atoms with van der Waals surface area (Å²) in [6.45, 7) is 2.55. The highest BCUT2D eigenvalue weighted by Crippen LogP contribution is 2.39. The summed E-state index contributed by atoms with van der Waals surface area (Å²) in [4.78, 5) is 2.32. The van der Waals surface area contributed by atoms with Crippen LogP contribution in [0.3, 0.4) is 0 Å². The van der Waals surface area contributed by atoms with E-state index < -0.39 is 11.2 Å². The summed E-state index contributed by atoms with van der Waals surface area (Å²) in [6, 6.07) is 15.8. The highest BCUT2D eigenvalue weighted by Gasteiger charge is 2.37. The van der Waals surface area contributed by atoms with E-state index in [1.54, 1.807) is 18.2 Å². The van der Waals surface area contributed by atoms with E-state index in [-0.39, 0.29) is 6.61 Å². The molecule has 1 atom stereocenters. The van der Waals surface area contributed by atoms with Crippen LogP contribution in [0.1, 0.15) is 56.4 Å². The zero-order valence-electron chi connectivity index (χ0n) is 18.5. The molecule has 1 aliphatic heterocycles. The normalized spacial score (nSPS) is 29.4. The van der Waals surface area contributed by atoms with Crippen molar-refractivity contribution in [3.8, 4) is 5.75 Å². The number of halogens is 2. The standard InChI is InChI=1S/C26H33Cl2NO3/c27-23-8-7-22(17-24(23)28)32-19-26(31)11-4-15-29(16-14-26)18-25(30)12-9-21(10-13-25)20-5-2-1-3-6-20/h1-3,5-8,17,21,30-31H,4,9-16,18-19H2/t21?,25?,26-/m1/s1. The van der Waals surface area contributed by atoms with E-state index in [0.29, 0.717) is 41.1 Å². The van der Waals surface area contributed by atoms with Crippen molar-refractivity contribution in [2.45, 2.75) is 62.1 Å². The predicted molar refractivity (Wildman–Crippen MR) is 130 cm³/mol. The lowest BCUT2D eigenvalue weighted by Crippen LogP contribution is -2.46. The Labute approximate surface area is 201 Å². The summed E-state index contributed by atoms with van der Waals surface area (Å²) in [6.07, 6.45) is 5.88. The van der Waals surface area contributed by atoms with Crippen LogP contribution in [0.2, 0.25) is 10.0 Å². The summed E-state index contributed by atoms with van der Waals surface area (Å²) in [7, 11) is 0. The maximum absolute atomic E-state index is 11.3. The molecule has 4 nitrogen and oxygen atoms in total. The first-order valence-corrected chi connectivity index (χ1v) is 12.4. The van der Waals surface area contributed by atoms with Gasteiger partial charge in [0.05, 0.1) is 21.2 Å². The molecule has 1 aliphatic carbocycles. The van der Waals surface area contributed by atoms with Crippen LogP contribution in [0, 0.1) is 0 Å². The molecule has 2 fully saturated rings. The number of hydrogen-bond donors (Lipinski definition) is 2. The van der Waals surface area contributed by atoms with Crippen molar-refractivity contribution < 1.29 is 14.9 Å². The molecular weight excluding hydrogens is 445 g/mol. The number of β-amino-alcohol motifs (C(OH)–C–C–N with tert-alkyl or cyclic N) is 1. The molecule has 2 aliphatic rings. The van der Waals surface area contributed by atoms with E-state index in [1.807, 2.05) is 0 Å². The molecule has 1 saturated carbocycles. The quantitative estimate of drug-likeness (QED) is 0.561. The van der Waals surface area contributed by atoms with Crippen LogP contribution in [-0.2, 0) is 0 Å². The van der Waals surface area contributed by atoms with Gasteiger partial charge in [0, 0.05) is 19.2 Å². The fourth-order valence-corrected chi connectivity index (χ4v) is 5.40. The molecule has 0 bridgehead atoms. The number of nitrogens with zero attached hydrogens (tertiary/aromatic N) is 1. The van der Waals surface area contributed by atoms with Gasteiger partial charge < -0.3 is 19.8 Å². The maximum Gasteiger partial charge on any atom is 0.121 e. The first-order valence-electron chi connectivity index (χ1n) is 11.6. The van der Waals surface area contributed by atoms with E-state index in [2.05, 4.69) is 35.2 Å². The molecule has 174 valence electrons. The zero-order chi connectivity index (χ0) is 22.6. The third-order valence-electron chi connectivity index (χ3n) is 7.11. The van der Waals surface area contributed by atoms with Gasteiger partial charge in [0.1, 0.15) is 12.4 Å². The van der Waals surface area contributed by atoms with Crippen molar-refractivity contribution in [3.63, 3.8) is 0 Å². The van der Waals surface area contributed by atoms with Crippen LogP contribution in [0.5, 0.6) is 5.75 Å². The molecule has 0 spiro atoms. The second-order valence-corrected chi connectivity index (χ2v) is 10.4. The van der Waals surface area contributed by atoms with Crippen LogP contribution >= 0.6 is 23.2 Å². The number of benzene rings is 2. The minimum absolute atomic E-state index is 0.224. The highest BCUT2D eigenvalue weighted by molar-refractivity contribution is 6.42. The van der Waals surface area contributed by atoms with E-state index in [4.69, 9.17) is 27.9 Å². The van der Waals surface area contributed by atoms with Crippen LogP contribution in [0.4, 0.5) is 0 Å². The van der Waals surface area contributed by atoms with Gasteiger partial charge in [0.15, 0.2) is 0 Å². The minimum Gasteiger partial charge on any atom is -0.491 e. The Bertz CT molecular complexity index is 886. The Morgan fingerprint density at radius 1 is 0.875 bits per heavy atom. The Morgan fingerprint density at radius 2 is 1.62 bits per heavy atom. The molecule has 4 rings (SSSR count). The first kappa shape index (κ1) is 23.8. The second kappa shape index (κ2) is 10.3. The fourth-order valence-electron chi connectivity index (χ4n) is 5.11. The van der Waals surface area contributed by atoms with E-state index in [9.17, 15) is 10.2 Å². The molecule has 0 amide bonds. The average Bonchev–Trinajstić information content (AvgIpc) is 2.97. The van der Waals surface area contributed by atoms with Crippen LogP contribution in [0.15, 0.2) is 48.5 Å². The van der Waals surface area contributed by atoms with Gasteiger partial charge in [-0.25, -0.2) is 0 Å². The van der Waals surface area contributed by atoms with Crippen LogP contribution in [-0.4, -0.2) is 52.6 Å². The van der Waals surface area contributed by atoms with Crippen LogP contribution < -0.4 is 4.74 Å². The van der Waals surface area contributed by atoms with Crippen molar-refractivity contribution in [3.05, 3.63) is 64.1 Å². The summed E-state index contributed by atoms with van der Waals surface area (Å²) in [5, 5.41) is 23.3. The molecular formula is C26H33Cl2NO3. The third kappa shape index (κ3) is 6.18. The minimum atomic E-state index is -0.881. The van der Waals surface area contributed by atoms with Crippen molar-refractivity contribution >= 4 is 23.2 Å². The lowest BCUT2D eigenvalue weighted by molar-refractivity contribution is -0.0364. The second-order valence-electron chi connectivity index (χ2n) is 9.63. The number of ether oxygens (including phenoxy) is 1. The molecule has 6 heteroatoms. The van der Waals surface area contributed by atoms with Gasteiger partial charge in [-0.3, -0.25) is 0 Å². The summed E-state index contributed by atoms with van der Waals surface area (Å²) >= 11 is 12.0. The molecule has 32 heavy (non-hydrogen) atoms. The molecule has 2 aromatic rings. The summed E-state index contributed by atoms with van der Waals surface area (Å²) in [5.74, 6) is 1.16. The largest absolute Gasteiger partial charge is 0.491 e. The van der Waals surface area contributed by atoms with E-state index >= 15 is 0 Å². The van der Waals surface area contributed by atoms with Gasteiger partial charge in [0.2, 0.25) is 0 Å². The maximum atomic E-state index is 11.3. The molecule has 1 saturated heterocycles. The van der Waals surface area contributed by atoms with Gasteiger partial charge in [0.25, 0.3) is 0 Å². The van der Waals surface area contributed by atoms with Crippen molar-refractivity contribution in [1.29, 1.82) is 0 Å². The monoisotopic (exact) mass is 477 g/mol. The number of rotatable bonds is 6. The summed E-state index contributed by atoms with van der Waals surface area (Å²) < 4.78 is 5.84. The van der Waals surface area contributed by atoms with E-state index in [1.165, 1.54) is 5.56 Å². The van der Waals surface area contributed by atoms with Crippen molar-refractivity contribution in [2.24, 2.45) is 0 Å². The highest BCUT2D eigenvalue weighted by atomic mass is 35.5. The summed E-state index contributed by atoms with van der Waals surface area (Å²) in [5.41, 5.74) is -0.130. The smallest absolute Gasteiger partial charge is 0.121 e. The Hall–Kier alpha value is -1.30. The molecule has 2 aromatic carbocycles. The lowest BCUT2D eigenvalue weighted by atomic mass is 9.76. The van der Waals surface area contributed by atoms with Crippen molar-refractivity contribution in [1.82, 2.24) is 4.90 Å². The van der Waals surface area contributed by atoms with Crippen LogP contribution in [0.25, 0.3) is 0 Å². The van der Waals surface area contributed by atoms with Gasteiger partial charge >= 0.3 is 0 Å². The van der Waals surface area contributed by atoms with E-state index in [0.717, 1.165) is 45.2 Å². The molecule has 1 heterocycles. The molecule has 0 radical (unpaired) electrons. The predicted octanol–water partition coefficient (Wildman–Crippen LogP) is 5.68. The van der Waals surface area contributed by atoms with Gasteiger partial charge in [-0.05, 0) is 75.1 Å². The number of aliphatic hydroxyl groups is 2. The Morgan fingerprint density at radius 3 is 2.34 bits per heavy atom. The lowest BCUT2D eigenvalue weighted by Gasteiger charge is -2.39. The molecule has 0 aromatic heterocycles. The first-order chi connectivity index (χ1) is 15.3. The topological polar surface area (TPSA) is 52.9 Å². The number of likely N-dealkylation sites (tertiary alicyclic amines) is 1. The van der Waals surface area contributed by atoms with Gasteiger partial charge in [-0.15, -0.1) is 0 Å². The molecule has 2 N–H and O–H groups in total. The van der Waals surface area contributed by atoms with Gasteiger partial charge in [-0.2, -0.15) is 0 Å². The van der Waals surface area contributed by atoms with Gasteiger partial charge in [-0.1, -0.05) is 53.5 Å². The third-order valence-corrected chi connectivity index (χ3v) is 7.85.